The van der Waals surface area contributed by atoms with Crippen molar-refractivity contribution in [3.8, 4) is 0 Å². The summed E-state index contributed by atoms with van der Waals surface area (Å²) in [5.41, 5.74) is 6.01. The molecule has 0 bridgehead atoms. The summed E-state index contributed by atoms with van der Waals surface area (Å²) in [5.74, 6) is -0.179. The van der Waals surface area contributed by atoms with Gasteiger partial charge >= 0.3 is 0 Å². The molecule has 0 unspecified atom stereocenters. The lowest BCUT2D eigenvalue weighted by Gasteiger charge is -2.29. The van der Waals surface area contributed by atoms with Gasteiger partial charge in [0, 0.05) is 10.5 Å². The molecule has 0 atom stereocenters. The van der Waals surface area contributed by atoms with Gasteiger partial charge in [0.15, 0.2) is 5.84 Å². The van der Waals surface area contributed by atoms with Crippen molar-refractivity contribution in [1.29, 1.82) is 0 Å². The molecule has 1 aliphatic carbocycles. The number of carbonyl (C=O) groups is 1. The number of nitrogens with zero attached hydrogens (tertiary/aromatic N) is 2. The minimum absolute atomic E-state index is 0.0152. The van der Waals surface area contributed by atoms with Crippen molar-refractivity contribution in [3.63, 3.8) is 0 Å². The van der Waals surface area contributed by atoms with Crippen molar-refractivity contribution < 1.29 is 10.0 Å². The maximum atomic E-state index is 12.8. The third kappa shape index (κ3) is 3.68. The Bertz CT molecular complexity index is 559. The number of rotatable bonds is 4. The van der Waals surface area contributed by atoms with E-state index < -0.39 is 0 Å². The van der Waals surface area contributed by atoms with Crippen molar-refractivity contribution in [2.45, 2.75) is 31.7 Å². The quantitative estimate of drug-likeness (QED) is 0.367. The van der Waals surface area contributed by atoms with Crippen LogP contribution in [0.15, 0.2) is 27.8 Å². The van der Waals surface area contributed by atoms with Crippen LogP contribution >= 0.6 is 27.5 Å². The number of amidine groups is 1. The second kappa shape index (κ2) is 7.13. The summed E-state index contributed by atoms with van der Waals surface area (Å²) in [6.07, 6.45) is 4.01. The van der Waals surface area contributed by atoms with Gasteiger partial charge in [0.25, 0.3) is 5.91 Å². The van der Waals surface area contributed by atoms with E-state index in [1.165, 1.54) is 0 Å². The molecule has 0 aliphatic heterocycles. The van der Waals surface area contributed by atoms with Crippen LogP contribution < -0.4 is 5.73 Å². The molecule has 0 heterocycles. The summed E-state index contributed by atoms with van der Waals surface area (Å²) >= 11 is 9.52. The molecule has 1 aliphatic rings. The third-order valence-corrected chi connectivity index (χ3v) is 4.97. The number of benzene rings is 1. The largest absolute Gasteiger partial charge is 0.409 e. The first-order valence-corrected chi connectivity index (χ1v) is 7.93. The van der Waals surface area contributed by atoms with Crippen LogP contribution in [0.25, 0.3) is 0 Å². The molecule has 0 aromatic heterocycles. The van der Waals surface area contributed by atoms with E-state index in [2.05, 4.69) is 21.1 Å². The number of nitrogens with two attached hydrogens (primary N) is 1. The van der Waals surface area contributed by atoms with E-state index >= 15 is 0 Å². The predicted molar refractivity (Wildman–Crippen MR) is 85.9 cm³/mol. The number of amides is 1. The van der Waals surface area contributed by atoms with Gasteiger partial charge in [-0.05, 0) is 40.9 Å². The molecule has 1 aromatic carbocycles. The summed E-state index contributed by atoms with van der Waals surface area (Å²) in [6, 6.07) is 5.33. The minimum Gasteiger partial charge on any atom is -0.409 e. The predicted octanol–water partition coefficient (Wildman–Crippen LogP) is 3.23. The highest BCUT2D eigenvalue weighted by Crippen LogP contribution is 2.30. The summed E-state index contributed by atoms with van der Waals surface area (Å²) in [7, 11) is 0. The highest BCUT2D eigenvalue weighted by atomic mass is 79.9. The Labute approximate surface area is 136 Å². The number of hydrogen-bond donors (Lipinski definition) is 2. The molecule has 21 heavy (non-hydrogen) atoms. The average molecular weight is 375 g/mol. The van der Waals surface area contributed by atoms with E-state index in [1.54, 1.807) is 23.1 Å². The van der Waals surface area contributed by atoms with Gasteiger partial charge in [0.05, 0.1) is 17.1 Å². The molecule has 1 amide bonds. The topological polar surface area (TPSA) is 78.9 Å². The number of halogens is 2. The zero-order chi connectivity index (χ0) is 15.4. The van der Waals surface area contributed by atoms with E-state index in [9.17, 15) is 4.79 Å². The molecule has 1 saturated carbocycles. The first kappa shape index (κ1) is 16.1. The maximum Gasteiger partial charge on any atom is 0.256 e. The van der Waals surface area contributed by atoms with Crippen molar-refractivity contribution in [2.75, 3.05) is 6.54 Å². The van der Waals surface area contributed by atoms with Crippen LogP contribution in [-0.4, -0.2) is 34.4 Å². The lowest BCUT2D eigenvalue weighted by molar-refractivity contribution is 0.0712. The number of oxime groups is 1. The average Bonchev–Trinajstić information content (AvgIpc) is 3.00. The van der Waals surface area contributed by atoms with E-state index in [0.717, 1.165) is 25.7 Å². The fourth-order valence-corrected chi connectivity index (χ4v) is 3.19. The minimum atomic E-state index is -0.195. The third-order valence-electron chi connectivity index (χ3n) is 3.67. The summed E-state index contributed by atoms with van der Waals surface area (Å²) < 4.78 is 0.671. The monoisotopic (exact) mass is 373 g/mol. The van der Waals surface area contributed by atoms with Crippen LogP contribution in [0.1, 0.15) is 36.0 Å². The Morgan fingerprint density at radius 2 is 2.14 bits per heavy atom. The Morgan fingerprint density at radius 1 is 1.48 bits per heavy atom. The molecular formula is C14H17BrClN3O2. The van der Waals surface area contributed by atoms with Gasteiger partial charge in [-0.1, -0.05) is 35.7 Å². The number of carbonyl (C=O) groups excluding carboxylic acids is 1. The fraction of sp³-hybridized carbons (Fsp3) is 0.429. The maximum absolute atomic E-state index is 12.8. The molecule has 7 heteroatoms. The van der Waals surface area contributed by atoms with Crippen LogP contribution in [0.4, 0.5) is 0 Å². The highest BCUT2D eigenvalue weighted by Gasteiger charge is 2.29. The lowest BCUT2D eigenvalue weighted by atomic mass is 10.1. The van der Waals surface area contributed by atoms with Gasteiger partial charge in [-0.25, -0.2) is 0 Å². The zero-order valence-electron chi connectivity index (χ0n) is 11.4. The summed E-state index contributed by atoms with van der Waals surface area (Å²) in [4.78, 5) is 14.4. The Morgan fingerprint density at radius 3 is 2.76 bits per heavy atom. The van der Waals surface area contributed by atoms with Gasteiger partial charge in [0.1, 0.15) is 0 Å². The molecule has 1 aromatic rings. The Hall–Kier alpha value is -1.27. The van der Waals surface area contributed by atoms with Gasteiger partial charge < -0.3 is 15.8 Å². The molecule has 3 N–H and O–H groups in total. The molecule has 2 rings (SSSR count). The van der Waals surface area contributed by atoms with Gasteiger partial charge in [-0.3, -0.25) is 4.79 Å². The molecule has 1 fully saturated rings. The van der Waals surface area contributed by atoms with Crippen molar-refractivity contribution in [1.82, 2.24) is 4.90 Å². The first-order chi connectivity index (χ1) is 10.0. The molecule has 5 nitrogen and oxygen atoms in total. The van der Waals surface area contributed by atoms with Crippen LogP contribution in [0.3, 0.4) is 0 Å². The van der Waals surface area contributed by atoms with Crippen molar-refractivity contribution in [2.24, 2.45) is 10.9 Å². The van der Waals surface area contributed by atoms with E-state index in [0.29, 0.717) is 15.1 Å². The van der Waals surface area contributed by atoms with Crippen molar-refractivity contribution in [3.05, 3.63) is 33.3 Å². The smallest absolute Gasteiger partial charge is 0.256 e. The van der Waals surface area contributed by atoms with Gasteiger partial charge in [0.2, 0.25) is 0 Å². The summed E-state index contributed by atoms with van der Waals surface area (Å²) in [6.45, 7) is 0.100. The van der Waals surface area contributed by atoms with E-state index in [-0.39, 0.29) is 24.3 Å². The first-order valence-electron chi connectivity index (χ1n) is 6.76. The SMILES string of the molecule is N/C(CN(C(=O)c1cccc(Br)c1Cl)C1CCCC1)=N/O. The van der Waals surface area contributed by atoms with Crippen molar-refractivity contribution >= 4 is 39.3 Å². The lowest BCUT2D eigenvalue weighted by Crippen LogP contribution is -2.44. The van der Waals surface area contributed by atoms with Crippen LogP contribution in [0, 0.1) is 0 Å². The zero-order valence-corrected chi connectivity index (χ0v) is 13.8. The molecule has 114 valence electrons. The molecule has 0 saturated heterocycles. The van der Waals surface area contributed by atoms with Crippen LogP contribution in [0.2, 0.25) is 5.02 Å². The van der Waals surface area contributed by atoms with Gasteiger partial charge in [-0.2, -0.15) is 0 Å². The molecule has 0 radical (unpaired) electrons. The second-order valence-electron chi connectivity index (χ2n) is 5.06. The normalized spacial score (nSPS) is 16.2. The molecular weight excluding hydrogens is 358 g/mol. The summed E-state index contributed by atoms with van der Waals surface area (Å²) in [5, 5.41) is 12.1. The standard InChI is InChI=1S/C14H17BrClN3O2/c15-11-7-3-6-10(13(11)16)14(20)19(8-12(17)18-21)9-4-1-2-5-9/h3,6-7,9,21H,1-2,4-5,8H2,(H2,17,18). The van der Waals surface area contributed by atoms with Gasteiger partial charge in [-0.15, -0.1) is 0 Å². The Balaban J connectivity index is 2.30. The van der Waals surface area contributed by atoms with E-state index in [4.69, 9.17) is 22.5 Å². The van der Waals surface area contributed by atoms with E-state index in [1.807, 2.05) is 0 Å². The van der Waals surface area contributed by atoms with Crippen LogP contribution in [0.5, 0.6) is 0 Å². The second-order valence-corrected chi connectivity index (χ2v) is 6.30. The highest BCUT2D eigenvalue weighted by molar-refractivity contribution is 9.10. The Kier molecular flexibility index (Phi) is 5.47. The fourth-order valence-electron chi connectivity index (χ4n) is 2.61. The number of hydrogen-bond acceptors (Lipinski definition) is 3. The molecule has 0 spiro atoms. The van der Waals surface area contributed by atoms with Crippen LogP contribution in [-0.2, 0) is 0 Å².